The molecule has 1 saturated heterocycles. The molecule has 0 unspecified atom stereocenters. The number of nitrogens with two attached hydrogens (primary N) is 1. The molecule has 134 valence electrons. The van der Waals surface area contributed by atoms with Crippen LogP contribution in [-0.4, -0.2) is 32.7 Å². The third-order valence-electron chi connectivity index (χ3n) is 4.91. The first-order valence-electron chi connectivity index (χ1n) is 8.65. The highest BCUT2D eigenvalue weighted by atomic mass is 32.1. The van der Waals surface area contributed by atoms with Gasteiger partial charge >= 0.3 is 0 Å². The number of carbonyl (C=O) groups excluding carboxylic acids is 1. The standard InChI is InChI=1S/C18H24N4O2S/c1-11-6-4-7-12(2)21(11)17(23)13(3)22-18(24)14(19)10-15(20-22)16-8-5-9-25-16/h5,8-13H,4,6-7,19H2,1-3H3/t11-,12-,13-/m1/s1. The van der Waals surface area contributed by atoms with Crippen molar-refractivity contribution in [2.24, 2.45) is 0 Å². The number of aromatic nitrogens is 2. The highest BCUT2D eigenvalue weighted by molar-refractivity contribution is 7.13. The Balaban J connectivity index is 1.97. The topological polar surface area (TPSA) is 81.2 Å². The summed E-state index contributed by atoms with van der Waals surface area (Å²) in [6.07, 6.45) is 3.10. The number of carbonyl (C=O) groups is 1. The van der Waals surface area contributed by atoms with Gasteiger partial charge in [-0.05, 0) is 57.5 Å². The first kappa shape index (κ1) is 17.7. The molecule has 0 saturated carbocycles. The van der Waals surface area contributed by atoms with Crippen molar-refractivity contribution >= 4 is 22.9 Å². The summed E-state index contributed by atoms with van der Waals surface area (Å²) in [5.41, 5.74) is 6.21. The highest BCUT2D eigenvalue weighted by Gasteiger charge is 2.33. The molecule has 0 aromatic carbocycles. The second-order valence-corrected chi connectivity index (χ2v) is 7.71. The Labute approximate surface area is 151 Å². The van der Waals surface area contributed by atoms with E-state index >= 15 is 0 Å². The van der Waals surface area contributed by atoms with Gasteiger partial charge in [-0.2, -0.15) is 5.10 Å². The van der Waals surface area contributed by atoms with E-state index in [2.05, 4.69) is 18.9 Å². The Bertz CT molecular complexity index is 805. The van der Waals surface area contributed by atoms with E-state index in [0.29, 0.717) is 5.69 Å². The zero-order valence-corrected chi connectivity index (χ0v) is 15.6. The Morgan fingerprint density at radius 2 is 2.04 bits per heavy atom. The molecule has 2 N–H and O–H groups in total. The van der Waals surface area contributed by atoms with E-state index in [1.54, 1.807) is 13.0 Å². The number of nitrogen functional groups attached to an aromatic ring is 1. The van der Waals surface area contributed by atoms with Gasteiger partial charge < -0.3 is 10.6 Å². The SMILES string of the molecule is C[C@@H]1CCC[C@@H](C)N1C(=O)[C@@H](C)n1nc(-c2cccs2)cc(N)c1=O. The number of hydrogen-bond acceptors (Lipinski definition) is 5. The summed E-state index contributed by atoms with van der Waals surface area (Å²) in [6, 6.07) is 5.08. The van der Waals surface area contributed by atoms with Gasteiger partial charge in [-0.1, -0.05) is 6.07 Å². The van der Waals surface area contributed by atoms with Gasteiger partial charge in [0.1, 0.15) is 17.4 Å². The molecule has 1 fully saturated rings. The molecule has 1 aliphatic rings. The highest BCUT2D eigenvalue weighted by Crippen LogP contribution is 2.26. The average molecular weight is 360 g/mol. The Morgan fingerprint density at radius 1 is 1.36 bits per heavy atom. The van der Waals surface area contributed by atoms with Gasteiger partial charge in [0.15, 0.2) is 0 Å². The van der Waals surface area contributed by atoms with Gasteiger partial charge in [0.05, 0.1) is 4.88 Å². The van der Waals surface area contributed by atoms with Crippen LogP contribution in [0.1, 0.15) is 46.1 Å². The lowest BCUT2D eigenvalue weighted by molar-refractivity contribution is -0.140. The van der Waals surface area contributed by atoms with Gasteiger partial charge in [-0.25, -0.2) is 4.68 Å². The van der Waals surface area contributed by atoms with Gasteiger partial charge in [-0.3, -0.25) is 9.59 Å². The monoisotopic (exact) mass is 360 g/mol. The lowest BCUT2D eigenvalue weighted by Crippen LogP contribution is -2.51. The van der Waals surface area contributed by atoms with Crippen molar-refractivity contribution in [3.63, 3.8) is 0 Å². The number of piperidine rings is 1. The molecule has 2 aromatic rings. The van der Waals surface area contributed by atoms with Gasteiger partial charge in [0.25, 0.3) is 5.56 Å². The lowest BCUT2D eigenvalue weighted by Gasteiger charge is -2.40. The number of thiophene rings is 1. The largest absolute Gasteiger partial charge is 0.394 e. The molecule has 2 aromatic heterocycles. The fraction of sp³-hybridized carbons (Fsp3) is 0.500. The molecule has 3 atom stereocenters. The maximum Gasteiger partial charge on any atom is 0.290 e. The Morgan fingerprint density at radius 3 is 2.64 bits per heavy atom. The van der Waals surface area contributed by atoms with E-state index < -0.39 is 11.6 Å². The van der Waals surface area contributed by atoms with Crippen molar-refractivity contribution in [3.05, 3.63) is 33.9 Å². The number of likely N-dealkylation sites (tertiary alicyclic amines) is 1. The average Bonchev–Trinajstić information content (AvgIpc) is 3.11. The van der Waals surface area contributed by atoms with E-state index in [4.69, 9.17) is 5.73 Å². The van der Waals surface area contributed by atoms with Crippen molar-refractivity contribution < 1.29 is 4.79 Å². The van der Waals surface area contributed by atoms with E-state index in [1.165, 1.54) is 16.0 Å². The van der Waals surface area contributed by atoms with Crippen LogP contribution in [0.3, 0.4) is 0 Å². The molecule has 0 bridgehead atoms. The van der Waals surface area contributed by atoms with Gasteiger partial charge in [0.2, 0.25) is 5.91 Å². The van der Waals surface area contributed by atoms with Crippen LogP contribution in [0, 0.1) is 0 Å². The van der Waals surface area contributed by atoms with Crippen molar-refractivity contribution in [1.82, 2.24) is 14.7 Å². The third kappa shape index (κ3) is 3.33. The number of anilines is 1. The van der Waals surface area contributed by atoms with E-state index in [1.807, 2.05) is 22.4 Å². The lowest BCUT2D eigenvalue weighted by atomic mass is 9.96. The summed E-state index contributed by atoms with van der Waals surface area (Å²) in [6.45, 7) is 5.85. The predicted molar refractivity (Wildman–Crippen MR) is 101 cm³/mol. The zero-order valence-electron chi connectivity index (χ0n) is 14.8. The number of amides is 1. The third-order valence-corrected chi connectivity index (χ3v) is 5.80. The molecule has 0 spiro atoms. The van der Waals surface area contributed by atoms with Crippen LogP contribution in [0.15, 0.2) is 28.4 Å². The van der Waals surface area contributed by atoms with E-state index in [0.717, 1.165) is 24.1 Å². The molecular formula is C18H24N4O2S. The molecule has 1 aliphatic heterocycles. The molecule has 3 rings (SSSR count). The van der Waals surface area contributed by atoms with Crippen LogP contribution in [0.5, 0.6) is 0 Å². The first-order chi connectivity index (χ1) is 11.9. The van der Waals surface area contributed by atoms with Gasteiger partial charge in [-0.15, -0.1) is 11.3 Å². The zero-order chi connectivity index (χ0) is 18.1. The van der Waals surface area contributed by atoms with Crippen LogP contribution in [0.2, 0.25) is 0 Å². The maximum atomic E-state index is 13.1. The second kappa shape index (κ2) is 7.00. The second-order valence-electron chi connectivity index (χ2n) is 6.76. The quantitative estimate of drug-likeness (QED) is 0.912. The molecule has 7 heteroatoms. The first-order valence-corrected chi connectivity index (χ1v) is 9.53. The summed E-state index contributed by atoms with van der Waals surface area (Å²) >= 11 is 1.52. The van der Waals surface area contributed by atoms with Crippen molar-refractivity contribution in [1.29, 1.82) is 0 Å². The summed E-state index contributed by atoms with van der Waals surface area (Å²) in [4.78, 5) is 28.4. The minimum absolute atomic E-state index is 0.0722. The predicted octanol–water partition coefficient (Wildman–Crippen LogP) is 2.90. The van der Waals surface area contributed by atoms with Crippen LogP contribution in [0.25, 0.3) is 10.6 Å². The van der Waals surface area contributed by atoms with E-state index in [-0.39, 0.29) is 23.7 Å². The van der Waals surface area contributed by atoms with Crippen LogP contribution in [0.4, 0.5) is 5.69 Å². The molecule has 1 amide bonds. The minimum atomic E-state index is -0.683. The smallest absolute Gasteiger partial charge is 0.290 e. The molecule has 25 heavy (non-hydrogen) atoms. The molecule has 0 radical (unpaired) electrons. The van der Waals surface area contributed by atoms with Gasteiger partial charge in [0, 0.05) is 12.1 Å². The van der Waals surface area contributed by atoms with Crippen molar-refractivity contribution in [2.75, 3.05) is 5.73 Å². The minimum Gasteiger partial charge on any atom is -0.394 e. The maximum absolute atomic E-state index is 13.1. The number of rotatable bonds is 3. The normalized spacial score (nSPS) is 22.0. The Hall–Kier alpha value is -2.15. The van der Waals surface area contributed by atoms with Crippen molar-refractivity contribution in [3.8, 4) is 10.6 Å². The molecule has 6 nitrogen and oxygen atoms in total. The van der Waals surface area contributed by atoms with Crippen LogP contribution >= 0.6 is 11.3 Å². The van der Waals surface area contributed by atoms with E-state index in [9.17, 15) is 9.59 Å². The van der Waals surface area contributed by atoms with Crippen LogP contribution < -0.4 is 11.3 Å². The summed E-state index contributed by atoms with van der Waals surface area (Å²) in [7, 11) is 0. The van der Waals surface area contributed by atoms with Crippen molar-refractivity contribution in [2.45, 2.75) is 58.2 Å². The number of hydrogen-bond donors (Lipinski definition) is 1. The fourth-order valence-electron chi connectivity index (χ4n) is 3.51. The molecular weight excluding hydrogens is 336 g/mol. The Kier molecular flexibility index (Phi) is 4.94. The fourth-order valence-corrected chi connectivity index (χ4v) is 4.20. The summed E-state index contributed by atoms with van der Waals surface area (Å²) < 4.78 is 1.24. The molecule has 3 heterocycles. The molecule has 0 aliphatic carbocycles. The number of nitrogens with zero attached hydrogens (tertiary/aromatic N) is 3. The van der Waals surface area contributed by atoms with Crippen LogP contribution in [-0.2, 0) is 4.79 Å². The summed E-state index contributed by atoms with van der Waals surface area (Å²) in [5.74, 6) is -0.0722. The summed E-state index contributed by atoms with van der Waals surface area (Å²) in [5, 5.41) is 6.37.